The molecule has 0 atom stereocenters. The fourth-order valence-corrected chi connectivity index (χ4v) is 1.30. The van der Waals surface area contributed by atoms with Crippen molar-refractivity contribution in [1.82, 2.24) is 4.98 Å². The number of aromatic nitrogens is 1. The topological polar surface area (TPSA) is 15.8 Å². The average molecular weight is 159 g/mol. The van der Waals surface area contributed by atoms with Crippen LogP contribution in [0.5, 0.6) is 0 Å². The highest BCUT2D eigenvalue weighted by molar-refractivity contribution is 5.83. The first-order valence-electron chi connectivity index (χ1n) is 4.01. The minimum atomic E-state index is 0. The van der Waals surface area contributed by atoms with E-state index in [9.17, 15) is 0 Å². The number of benzene rings is 1. The summed E-state index contributed by atoms with van der Waals surface area (Å²) in [5.41, 5.74) is 3.37. The number of hydrogen-bond acceptors (Lipinski definition) is 0. The molecule has 1 aromatic carbocycles. The van der Waals surface area contributed by atoms with Crippen LogP contribution in [0.1, 0.15) is 14.0 Å². The summed E-state index contributed by atoms with van der Waals surface area (Å²) in [4.78, 5) is 3.30. The van der Waals surface area contributed by atoms with Crippen molar-refractivity contribution in [3.8, 4) is 0 Å². The van der Waals surface area contributed by atoms with Gasteiger partial charge < -0.3 is 4.98 Å². The molecule has 0 unspecified atom stereocenters. The molecule has 1 heterocycles. The maximum atomic E-state index is 3.89. The smallest absolute Gasteiger partial charge is 0.0458 e. The van der Waals surface area contributed by atoms with E-state index >= 15 is 0 Å². The van der Waals surface area contributed by atoms with Crippen LogP contribution in [0.3, 0.4) is 0 Å². The molecule has 1 heteroatoms. The van der Waals surface area contributed by atoms with Crippen LogP contribution in [0.15, 0.2) is 36.9 Å². The minimum absolute atomic E-state index is 0. The number of hydrogen-bond donors (Lipinski definition) is 1. The van der Waals surface area contributed by atoms with Gasteiger partial charge in [-0.2, -0.15) is 0 Å². The molecule has 0 fully saturated rings. The fourth-order valence-electron chi connectivity index (χ4n) is 1.30. The van der Waals surface area contributed by atoms with E-state index in [-0.39, 0.29) is 1.43 Å². The van der Waals surface area contributed by atoms with E-state index in [4.69, 9.17) is 0 Å². The minimum Gasteiger partial charge on any atom is -0.355 e. The van der Waals surface area contributed by atoms with Gasteiger partial charge in [0, 0.05) is 12.6 Å². The van der Waals surface area contributed by atoms with Gasteiger partial charge in [-0.15, -0.1) is 0 Å². The molecule has 1 nitrogen and oxygen atoms in total. The summed E-state index contributed by atoms with van der Waals surface area (Å²) in [7, 11) is 0. The summed E-state index contributed by atoms with van der Waals surface area (Å²) in [6.45, 7) is 5.89. The number of H-pyrrole nitrogens is 1. The third-order valence-corrected chi connectivity index (χ3v) is 1.99. The Morgan fingerprint density at radius 1 is 1.42 bits per heavy atom. The van der Waals surface area contributed by atoms with Crippen LogP contribution in [0.2, 0.25) is 0 Å². The number of para-hydroxylation sites is 1. The standard InChI is InChI=1S/C11H11N.H2/c1-8(2)11-7-9-5-3-4-6-10(9)12-11;/h3-7,12H,1H2,2H3;1H. The van der Waals surface area contributed by atoms with Gasteiger partial charge in [-0.05, 0) is 30.0 Å². The Bertz CT molecular complexity index is 395. The molecule has 1 N–H and O–H groups in total. The molecular weight excluding hydrogens is 146 g/mol. The monoisotopic (exact) mass is 159 g/mol. The molecular formula is C11H13N. The second kappa shape index (κ2) is 2.52. The first-order chi connectivity index (χ1) is 5.77. The SMILES string of the molecule is C=C(C)c1cc2ccccc2[nH]1.[HH]. The normalized spacial score (nSPS) is 10.4. The fraction of sp³-hybridized carbons (Fsp3) is 0.0909. The molecule has 12 heavy (non-hydrogen) atoms. The quantitative estimate of drug-likeness (QED) is 0.656. The van der Waals surface area contributed by atoms with Crippen molar-refractivity contribution in [2.75, 3.05) is 0 Å². The zero-order valence-corrected chi connectivity index (χ0v) is 7.09. The molecule has 0 aliphatic heterocycles. The van der Waals surface area contributed by atoms with Crippen molar-refractivity contribution in [3.05, 3.63) is 42.6 Å². The molecule has 2 aromatic rings. The van der Waals surface area contributed by atoms with Crippen molar-refractivity contribution in [2.45, 2.75) is 6.92 Å². The van der Waals surface area contributed by atoms with Gasteiger partial charge in [0.05, 0.1) is 0 Å². The summed E-state index contributed by atoms with van der Waals surface area (Å²) in [6.07, 6.45) is 0. The van der Waals surface area contributed by atoms with Gasteiger partial charge in [0.2, 0.25) is 0 Å². The Morgan fingerprint density at radius 2 is 2.17 bits per heavy atom. The zero-order chi connectivity index (χ0) is 8.55. The Labute approximate surface area is 73.2 Å². The zero-order valence-electron chi connectivity index (χ0n) is 7.09. The lowest BCUT2D eigenvalue weighted by molar-refractivity contribution is 1.39. The van der Waals surface area contributed by atoms with Crippen molar-refractivity contribution in [1.29, 1.82) is 0 Å². The van der Waals surface area contributed by atoms with Crippen LogP contribution in [-0.2, 0) is 0 Å². The van der Waals surface area contributed by atoms with Gasteiger partial charge in [-0.1, -0.05) is 24.8 Å². The van der Waals surface area contributed by atoms with Crippen LogP contribution in [0.4, 0.5) is 0 Å². The number of aromatic amines is 1. The van der Waals surface area contributed by atoms with Crippen molar-refractivity contribution < 1.29 is 1.43 Å². The van der Waals surface area contributed by atoms with Crippen LogP contribution in [0.25, 0.3) is 16.5 Å². The lowest BCUT2D eigenvalue weighted by Crippen LogP contribution is -1.73. The van der Waals surface area contributed by atoms with Gasteiger partial charge in [0.1, 0.15) is 0 Å². The molecule has 2 rings (SSSR count). The summed E-state index contributed by atoms with van der Waals surface area (Å²) < 4.78 is 0. The van der Waals surface area contributed by atoms with E-state index in [0.717, 1.165) is 11.3 Å². The van der Waals surface area contributed by atoms with Crippen LogP contribution in [-0.4, -0.2) is 4.98 Å². The first-order valence-corrected chi connectivity index (χ1v) is 4.01. The highest BCUT2D eigenvalue weighted by Gasteiger charge is 1.98. The van der Waals surface area contributed by atoms with Crippen molar-refractivity contribution in [2.24, 2.45) is 0 Å². The lowest BCUT2D eigenvalue weighted by Gasteiger charge is -1.89. The third kappa shape index (κ3) is 1.03. The summed E-state index contributed by atoms with van der Waals surface area (Å²) >= 11 is 0. The van der Waals surface area contributed by atoms with Gasteiger partial charge in [0.15, 0.2) is 0 Å². The van der Waals surface area contributed by atoms with Crippen molar-refractivity contribution in [3.63, 3.8) is 0 Å². The number of nitrogens with one attached hydrogen (secondary N) is 1. The van der Waals surface area contributed by atoms with E-state index in [0.29, 0.717) is 0 Å². The summed E-state index contributed by atoms with van der Waals surface area (Å²) in [5.74, 6) is 0. The van der Waals surface area contributed by atoms with Gasteiger partial charge in [-0.25, -0.2) is 0 Å². The number of allylic oxidation sites excluding steroid dienone is 1. The largest absolute Gasteiger partial charge is 0.355 e. The highest BCUT2D eigenvalue weighted by Crippen LogP contribution is 2.18. The van der Waals surface area contributed by atoms with Crippen LogP contribution in [0, 0.1) is 0 Å². The van der Waals surface area contributed by atoms with Gasteiger partial charge >= 0.3 is 0 Å². The van der Waals surface area contributed by atoms with E-state index in [2.05, 4.69) is 29.8 Å². The third-order valence-electron chi connectivity index (χ3n) is 1.99. The Balaban J connectivity index is 0.000000845. The summed E-state index contributed by atoms with van der Waals surface area (Å²) in [5, 5.41) is 1.25. The average Bonchev–Trinajstić information content (AvgIpc) is 2.46. The molecule has 0 aliphatic rings. The Kier molecular flexibility index (Phi) is 1.51. The predicted molar refractivity (Wildman–Crippen MR) is 55.1 cm³/mol. The number of rotatable bonds is 1. The molecule has 0 radical (unpaired) electrons. The molecule has 0 saturated carbocycles. The van der Waals surface area contributed by atoms with Gasteiger partial charge in [0.25, 0.3) is 0 Å². The lowest BCUT2D eigenvalue weighted by atomic mass is 10.2. The molecule has 1 aromatic heterocycles. The second-order valence-corrected chi connectivity index (χ2v) is 3.05. The molecule has 0 aliphatic carbocycles. The number of fused-ring (bicyclic) bond motifs is 1. The first kappa shape index (κ1) is 7.17. The van der Waals surface area contributed by atoms with Gasteiger partial charge in [-0.3, -0.25) is 0 Å². The Hall–Kier alpha value is -1.50. The maximum Gasteiger partial charge on any atom is 0.0458 e. The highest BCUT2D eigenvalue weighted by atomic mass is 14.7. The second-order valence-electron chi connectivity index (χ2n) is 3.05. The Morgan fingerprint density at radius 3 is 2.83 bits per heavy atom. The molecule has 0 bridgehead atoms. The molecule has 62 valence electrons. The van der Waals surface area contributed by atoms with Crippen LogP contribution < -0.4 is 0 Å². The molecule has 0 amide bonds. The van der Waals surface area contributed by atoms with Crippen molar-refractivity contribution >= 4 is 16.5 Å². The molecule has 0 spiro atoms. The van der Waals surface area contributed by atoms with E-state index < -0.39 is 0 Å². The van der Waals surface area contributed by atoms with E-state index in [1.807, 2.05) is 19.1 Å². The van der Waals surface area contributed by atoms with E-state index in [1.54, 1.807) is 0 Å². The summed E-state index contributed by atoms with van der Waals surface area (Å²) in [6, 6.07) is 10.4. The van der Waals surface area contributed by atoms with E-state index in [1.165, 1.54) is 10.9 Å². The van der Waals surface area contributed by atoms with Crippen LogP contribution >= 0.6 is 0 Å². The maximum absolute atomic E-state index is 3.89. The predicted octanol–water partition coefficient (Wildman–Crippen LogP) is 3.45. The molecule has 0 saturated heterocycles.